The number of aryl methyl sites for hydroxylation is 1. The number of ether oxygens (including phenoxy) is 1. The minimum atomic E-state index is -0.373. The lowest BCUT2D eigenvalue weighted by Gasteiger charge is -2.08. The molecule has 0 bridgehead atoms. The molecule has 0 aliphatic heterocycles. The Bertz CT molecular complexity index is 894. The summed E-state index contributed by atoms with van der Waals surface area (Å²) in [5.74, 6) is 0.366. The van der Waals surface area contributed by atoms with Gasteiger partial charge in [0.1, 0.15) is 17.2 Å². The summed E-state index contributed by atoms with van der Waals surface area (Å²) < 4.78 is 20.4. The van der Waals surface area contributed by atoms with Crippen molar-refractivity contribution in [2.75, 3.05) is 19.0 Å². The monoisotopic (exact) mass is 356 g/mol. The molecule has 3 rings (SSSR count). The molecule has 6 nitrogen and oxygen atoms in total. The molecule has 1 N–H and O–H groups in total. The number of nitrogens with zero attached hydrogens (tertiary/aromatic N) is 3. The van der Waals surface area contributed by atoms with E-state index in [2.05, 4.69) is 15.3 Å². The standard InChI is InChI=1S/C19H21FN4O2/c1-26-12-11-24-17(23-16-7-4-10-21-19(16)24)8-3-9-18(25)22-15-6-2-5-14(20)13-15/h2,4-7,10,13H,3,8-9,11-12H2,1H3,(H,22,25). The number of nitrogens with one attached hydrogen (secondary N) is 1. The summed E-state index contributed by atoms with van der Waals surface area (Å²) in [5, 5.41) is 2.71. The van der Waals surface area contributed by atoms with E-state index in [0.29, 0.717) is 38.1 Å². The molecule has 0 unspecified atom stereocenters. The summed E-state index contributed by atoms with van der Waals surface area (Å²) in [5.41, 5.74) is 2.12. The molecule has 1 amide bonds. The van der Waals surface area contributed by atoms with Crippen molar-refractivity contribution in [3.63, 3.8) is 0 Å². The first kappa shape index (κ1) is 18.0. The molecule has 0 spiro atoms. The molecule has 1 aromatic carbocycles. The fourth-order valence-corrected chi connectivity index (χ4v) is 2.81. The fourth-order valence-electron chi connectivity index (χ4n) is 2.81. The lowest BCUT2D eigenvalue weighted by atomic mass is 10.2. The SMILES string of the molecule is COCCn1c(CCCC(=O)Nc2cccc(F)c2)nc2cccnc21. The van der Waals surface area contributed by atoms with Crippen LogP contribution < -0.4 is 5.32 Å². The van der Waals surface area contributed by atoms with Crippen molar-refractivity contribution in [3.05, 3.63) is 54.2 Å². The van der Waals surface area contributed by atoms with Crippen molar-refractivity contribution in [3.8, 4) is 0 Å². The maximum absolute atomic E-state index is 13.2. The molecule has 26 heavy (non-hydrogen) atoms. The number of methoxy groups -OCH3 is 1. The predicted octanol–water partition coefficient (Wildman–Crippen LogP) is 3.18. The molecule has 2 heterocycles. The summed E-state index contributed by atoms with van der Waals surface area (Å²) in [4.78, 5) is 21.1. The Labute approximate surface area is 151 Å². The number of rotatable bonds is 8. The Balaban J connectivity index is 1.61. The fraction of sp³-hybridized carbons (Fsp3) is 0.316. The third-order valence-electron chi connectivity index (χ3n) is 4.01. The molecule has 136 valence electrons. The molecule has 0 radical (unpaired) electrons. The third-order valence-corrected chi connectivity index (χ3v) is 4.01. The van der Waals surface area contributed by atoms with Crippen LogP contribution in [0.2, 0.25) is 0 Å². The highest BCUT2D eigenvalue weighted by Crippen LogP contribution is 2.16. The Hall–Kier alpha value is -2.80. The van der Waals surface area contributed by atoms with Crippen LogP contribution in [0.4, 0.5) is 10.1 Å². The maximum atomic E-state index is 13.2. The van der Waals surface area contributed by atoms with E-state index < -0.39 is 0 Å². The normalized spacial score (nSPS) is 11.0. The van der Waals surface area contributed by atoms with Crippen molar-refractivity contribution >= 4 is 22.8 Å². The van der Waals surface area contributed by atoms with Gasteiger partial charge in [-0.2, -0.15) is 0 Å². The molecular weight excluding hydrogens is 335 g/mol. The van der Waals surface area contributed by atoms with Crippen LogP contribution in [-0.4, -0.2) is 34.2 Å². The van der Waals surface area contributed by atoms with E-state index in [0.717, 1.165) is 17.0 Å². The first-order valence-corrected chi connectivity index (χ1v) is 8.52. The number of pyridine rings is 1. The van der Waals surface area contributed by atoms with Gasteiger partial charge < -0.3 is 14.6 Å². The molecule has 0 aliphatic carbocycles. The number of fused-ring (bicyclic) bond motifs is 1. The van der Waals surface area contributed by atoms with E-state index >= 15 is 0 Å². The lowest BCUT2D eigenvalue weighted by Crippen LogP contribution is -2.13. The smallest absolute Gasteiger partial charge is 0.224 e. The largest absolute Gasteiger partial charge is 0.383 e. The second-order valence-electron chi connectivity index (χ2n) is 5.93. The Morgan fingerprint density at radius 1 is 1.31 bits per heavy atom. The third kappa shape index (κ3) is 4.43. The van der Waals surface area contributed by atoms with Gasteiger partial charge in [0.25, 0.3) is 0 Å². The molecular formula is C19H21FN4O2. The van der Waals surface area contributed by atoms with Gasteiger partial charge >= 0.3 is 0 Å². The lowest BCUT2D eigenvalue weighted by molar-refractivity contribution is -0.116. The number of carbonyl (C=O) groups excluding carboxylic acids is 1. The molecule has 0 aliphatic rings. The molecule has 3 aromatic rings. The van der Waals surface area contributed by atoms with E-state index in [1.54, 1.807) is 25.4 Å². The number of aromatic nitrogens is 3. The van der Waals surface area contributed by atoms with Crippen LogP contribution >= 0.6 is 0 Å². The van der Waals surface area contributed by atoms with Crippen LogP contribution in [0.15, 0.2) is 42.6 Å². The van der Waals surface area contributed by atoms with Gasteiger partial charge in [-0.1, -0.05) is 6.07 Å². The second kappa shape index (κ2) is 8.53. The minimum absolute atomic E-state index is 0.145. The predicted molar refractivity (Wildman–Crippen MR) is 97.4 cm³/mol. The number of halogens is 1. The zero-order valence-electron chi connectivity index (χ0n) is 14.6. The minimum Gasteiger partial charge on any atom is -0.383 e. The topological polar surface area (TPSA) is 69.0 Å². The van der Waals surface area contributed by atoms with Gasteiger partial charge in [0.15, 0.2) is 5.65 Å². The van der Waals surface area contributed by atoms with Crippen molar-refractivity contribution in [1.29, 1.82) is 0 Å². The highest BCUT2D eigenvalue weighted by molar-refractivity contribution is 5.90. The van der Waals surface area contributed by atoms with Crippen molar-refractivity contribution in [1.82, 2.24) is 14.5 Å². The Kier molecular flexibility index (Phi) is 5.91. The van der Waals surface area contributed by atoms with Crippen LogP contribution in [0.25, 0.3) is 11.2 Å². The van der Waals surface area contributed by atoms with Gasteiger partial charge in [0.05, 0.1) is 6.61 Å². The van der Waals surface area contributed by atoms with Gasteiger partial charge in [0, 0.05) is 38.4 Å². The quantitative estimate of drug-likeness (QED) is 0.673. The summed E-state index contributed by atoms with van der Waals surface area (Å²) in [6.07, 6.45) is 3.36. The number of hydrogen-bond acceptors (Lipinski definition) is 4. The summed E-state index contributed by atoms with van der Waals surface area (Å²) in [7, 11) is 1.66. The number of imidazole rings is 1. The Morgan fingerprint density at radius 3 is 3.00 bits per heavy atom. The van der Waals surface area contributed by atoms with E-state index in [4.69, 9.17) is 4.74 Å². The van der Waals surface area contributed by atoms with E-state index in [-0.39, 0.29) is 11.7 Å². The van der Waals surface area contributed by atoms with Crippen LogP contribution in [0.3, 0.4) is 0 Å². The second-order valence-corrected chi connectivity index (χ2v) is 5.93. The molecule has 0 saturated heterocycles. The number of carbonyl (C=O) groups is 1. The van der Waals surface area contributed by atoms with Gasteiger partial charge in [-0.25, -0.2) is 14.4 Å². The van der Waals surface area contributed by atoms with Crippen molar-refractivity contribution < 1.29 is 13.9 Å². The van der Waals surface area contributed by atoms with E-state index in [1.165, 1.54) is 12.1 Å². The molecule has 7 heteroatoms. The highest BCUT2D eigenvalue weighted by Gasteiger charge is 2.12. The number of amides is 1. The molecule has 2 aromatic heterocycles. The van der Waals surface area contributed by atoms with Crippen LogP contribution in [0, 0.1) is 5.82 Å². The van der Waals surface area contributed by atoms with Crippen LogP contribution in [0.5, 0.6) is 0 Å². The zero-order valence-corrected chi connectivity index (χ0v) is 14.6. The van der Waals surface area contributed by atoms with E-state index in [9.17, 15) is 9.18 Å². The van der Waals surface area contributed by atoms with E-state index in [1.807, 2.05) is 16.7 Å². The summed E-state index contributed by atoms with van der Waals surface area (Å²) in [6, 6.07) is 9.65. The van der Waals surface area contributed by atoms with Gasteiger partial charge in [0.2, 0.25) is 5.91 Å². The van der Waals surface area contributed by atoms with Crippen molar-refractivity contribution in [2.45, 2.75) is 25.8 Å². The maximum Gasteiger partial charge on any atom is 0.224 e. The Morgan fingerprint density at radius 2 is 2.19 bits per heavy atom. The highest BCUT2D eigenvalue weighted by atomic mass is 19.1. The number of anilines is 1. The van der Waals surface area contributed by atoms with Gasteiger partial charge in [-0.15, -0.1) is 0 Å². The molecule has 0 fully saturated rings. The zero-order chi connectivity index (χ0) is 18.4. The van der Waals surface area contributed by atoms with Gasteiger partial charge in [-0.3, -0.25) is 4.79 Å². The number of hydrogen-bond donors (Lipinski definition) is 1. The number of benzene rings is 1. The average Bonchev–Trinajstić information content (AvgIpc) is 2.97. The van der Waals surface area contributed by atoms with Crippen LogP contribution in [-0.2, 0) is 22.5 Å². The molecule has 0 saturated carbocycles. The first-order valence-electron chi connectivity index (χ1n) is 8.52. The average molecular weight is 356 g/mol. The molecule has 0 atom stereocenters. The van der Waals surface area contributed by atoms with Crippen LogP contribution in [0.1, 0.15) is 18.7 Å². The van der Waals surface area contributed by atoms with Crippen molar-refractivity contribution in [2.24, 2.45) is 0 Å². The summed E-state index contributed by atoms with van der Waals surface area (Å²) >= 11 is 0. The first-order chi connectivity index (χ1) is 12.7. The van der Waals surface area contributed by atoms with Gasteiger partial charge in [-0.05, 0) is 36.8 Å². The summed E-state index contributed by atoms with van der Waals surface area (Å²) in [6.45, 7) is 1.23.